The van der Waals surface area contributed by atoms with Crippen molar-refractivity contribution >= 4 is 17.5 Å². The number of carbonyl (C=O) groups excluding carboxylic acids is 2. The first-order valence-electron chi connectivity index (χ1n) is 9.39. The van der Waals surface area contributed by atoms with E-state index in [1.165, 1.54) is 24.3 Å². The number of benzene rings is 1. The van der Waals surface area contributed by atoms with E-state index in [0.29, 0.717) is 44.7 Å². The van der Waals surface area contributed by atoms with Crippen LogP contribution in [0, 0.1) is 19.7 Å². The minimum absolute atomic E-state index is 0.107. The number of carbonyl (C=O) groups is 2. The fourth-order valence-electron chi connectivity index (χ4n) is 3.34. The number of amides is 2. The lowest BCUT2D eigenvalue weighted by molar-refractivity contribution is -0.133. The highest BCUT2D eigenvalue weighted by atomic mass is 19.1. The van der Waals surface area contributed by atoms with E-state index in [1.807, 2.05) is 23.6 Å². The van der Waals surface area contributed by atoms with Gasteiger partial charge in [0.05, 0.1) is 12.2 Å². The van der Waals surface area contributed by atoms with Crippen molar-refractivity contribution in [1.29, 1.82) is 0 Å². The molecule has 0 radical (unpaired) electrons. The summed E-state index contributed by atoms with van der Waals surface area (Å²) in [6, 6.07) is 5.68. The monoisotopic (exact) mass is 388 g/mol. The molecule has 0 aliphatic carbocycles. The van der Waals surface area contributed by atoms with Gasteiger partial charge in [-0.25, -0.2) is 4.39 Å². The molecule has 28 heavy (non-hydrogen) atoms. The molecular formula is C20H25FN4O3. The van der Waals surface area contributed by atoms with Gasteiger partial charge in [-0.05, 0) is 44.5 Å². The van der Waals surface area contributed by atoms with Gasteiger partial charge >= 0.3 is 0 Å². The van der Waals surface area contributed by atoms with Gasteiger partial charge in [0.15, 0.2) is 0 Å². The van der Waals surface area contributed by atoms with E-state index in [-0.39, 0.29) is 24.2 Å². The van der Waals surface area contributed by atoms with Crippen LogP contribution in [0.1, 0.15) is 23.4 Å². The second-order valence-corrected chi connectivity index (χ2v) is 7.01. The van der Waals surface area contributed by atoms with Gasteiger partial charge in [0.25, 0.3) is 0 Å². The predicted octanol–water partition coefficient (Wildman–Crippen LogP) is 2.15. The number of rotatable bonds is 6. The Balaban J connectivity index is 1.40. The molecule has 0 unspecified atom stereocenters. The molecule has 2 heterocycles. The number of anilines is 1. The number of nitrogens with one attached hydrogen (secondary N) is 1. The summed E-state index contributed by atoms with van der Waals surface area (Å²) in [7, 11) is 0. The zero-order valence-electron chi connectivity index (χ0n) is 16.2. The number of aryl methyl sites for hydroxylation is 2. The first-order valence-corrected chi connectivity index (χ1v) is 9.39. The van der Waals surface area contributed by atoms with Crippen LogP contribution in [-0.2, 0) is 16.0 Å². The van der Waals surface area contributed by atoms with Crippen LogP contribution in [-0.4, -0.2) is 59.5 Å². The van der Waals surface area contributed by atoms with Crippen LogP contribution >= 0.6 is 0 Å². The third-order valence-corrected chi connectivity index (χ3v) is 4.99. The van der Waals surface area contributed by atoms with E-state index < -0.39 is 0 Å². The number of hydrogen-bond acceptors (Lipinski definition) is 5. The van der Waals surface area contributed by atoms with E-state index in [9.17, 15) is 14.0 Å². The van der Waals surface area contributed by atoms with Gasteiger partial charge in [-0.2, -0.15) is 0 Å². The van der Waals surface area contributed by atoms with Crippen molar-refractivity contribution in [3.63, 3.8) is 0 Å². The zero-order chi connectivity index (χ0) is 20.1. The lowest BCUT2D eigenvalue weighted by atomic mass is 10.1. The largest absolute Gasteiger partial charge is 0.361 e. The molecule has 3 rings (SSSR count). The molecule has 0 spiro atoms. The zero-order valence-corrected chi connectivity index (χ0v) is 16.2. The SMILES string of the molecule is Cc1noc(C)c1CCC(=O)N1CCN(CC(=O)Nc2ccc(F)cc2)CC1. The van der Waals surface area contributed by atoms with E-state index in [4.69, 9.17) is 4.52 Å². The lowest BCUT2D eigenvalue weighted by Gasteiger charge is -2.34. The lowest BCUT2D eigenvalue weighted by Crippen LogP contribution is -2.50. The Morgan fingerprint density at radius 2 is 1.82 bits per heavy atom. The number of piperazine rings is 1. The highest BCUT2D eigenvalue weighted by Crippen LogP contribution is 2.15. The summed E-state index contributed by atoms with van der Waals surface area (Å²) in [5, 5.41) is 6.67. The molecule has 1 saturated heterocycles. The van der Waals surface area contributed by atoms with E-state index in [2.05, 4.69) is 10.5 Å². The Morgan fingerprint density at radius 1 is 1.14 bits per heavy atom. The molecule has 8 heteroatoms. The van der Waals surface area contributed by atoms with Crippen molar-refractivity contribution in [3.8, 4) is 0 Å². The van der Waals surface area contributed by atoms with Crippen LogP contribution in [0.15, 0.2) is 28.8 Å². The maximum absolute atomic E-state index is 12.9. The minimum atomic E-state index is -0.340. The maximum atomic E-state index is 12.9. The molecule has 1 aliphatic rings. The quantitative estimate of drug-likeness (QED) is 0.820. The van der Waals surface area contributed by atoms with Gasteiger partial charge in [0.2, 0.25) is 11.8 Å². The van der Waals surface area contributed by atoms with E-state index in [0.717, 1.165) is 17.0 Å². The predicted molar refractivity (Wildman–Crippen MR) is 102 cm³/mol. The molecular weight excluding hydrogens is 363 g/mol. The molecule has 7 nitrogen and oxygen atoms in total. The van der Waals surface area contributed by atoms with E-state index >= 15 is 0 Å². The van der Waals surface area contributed by atoms with Crippen molar-refractivity contribution in [2.24, 2.45) is 0 Å². The Kier molecular flexibility index (Phi) is 6.41. The van der Waals surface area contributed by atoms with Crippen molar-refractivity contribution in [3.05, 3.63) is 47.1 Å². The van der Waals surface area contributed by atoms with Gasteiger partial charge < -0.3 is 14.7 Å². The normalized spacial score (nSPS) is 14.9. The molecule has 2 aromatic rings. The van der Waals surface area contributed by atoms with Crippen molar-refractivity contribution < 1.29 is 18.5 Å². The van der Waals surface area contributed by atoms with Crippen LogP contribution in [0.5, 0.6) is 0 Å². The molecule has 1 aromatic carbocycles. The second kappa shape index (κ2) is 8.97. The van der Waals surface area contributed by atoms with Crippen LogP contribution in [0.3, 0.4) is 0 Å². The average molecular weight is 388 g/mol. The first kappa shape index (κ1) is 20.0. The van der Waals surface area contributed by atoms with Crippen molar-refractivity contribution in [2.45, 2.75) is 26.7 Å². The fraction of sp³-hybridized carbons (Fsp3) is 0.450. The van der Waals surface area contributed by atoms with Gasteiger partial charge in [-0.1, -0.05) is 5.16 Å². The Bertz CT molecular complexity index is 807. The van der Waals surface area contributed by atoms with Crippen LogP contribution < -0.4 is 5.32 Å². The molecule has 0 atom stereocenters. The number of aromatic nitrogens is 1. The summed E-state index contributed by atoms with van der Waals surface area (Å²) in [5.74, 6) is 0.385. The summed E-state index contributed by atoms with van der Waals surface area (Å²) in [4.78, 5) is 28.4. The van der Waals surface area contributed by atoms with Crippen molar-refractivity contribution in [2.75, 3.05) is 38.0 Å². The molecule has 2 amide bonds. The third-order valence-electron chi connectivity index (χ3n) is 4.99. The van der Waals surface area contributed by atoms with Gasteiger partial charge in [-0.15, -0.1) is 0 Å². The van der Waals surface area contributed by atoms with Crippen LogP contribution in [0.25, 0.3) is 0 Å². The average Bonchev–Trinajstić information content (AvgIpc) is 3.00. The van der Waals surface area contributed by atoms with Crippen LogP contribution in [0.2, 0.25) is 0 Å². The highest BCUT2D eigenvalue weighted by Gasteiger charge is 2.23. The number of nitrogens with zero attached hydrogens (tertiary/aromatic N) is 3. The molecule has 1 fully saturated rings. The Morgan fingerprint density at radius 3 is 2.43 bits per heavy atom. The molecule has 0 bridgehead atoms. The molecule has 0 saturated carbocycles. The summed E-state index contributed by atoms with van der Waals surface area (Å²) in [6.45, 7) is 6.48. The summed E-state index contributed by atoms with van der Waals surface area (Å²) in [5.41, 5.74) is 2.41. The van der Waals surface area contributed by atoms with Crippen molar-refractivity contribution in [1.82, 2.24) is 15.0 Å². The van der Waals surface area contributed by atoms with Gasteiger partial charge in [-0.3, -0.25) is 14.5 Å². The minimum Gasteiger partial charge on any atom is -0.361 e. The highest BCUT2D eigenvalue weighted by molar-refractivity contribution is 5.92. The third kappa shape index (κ3) is 5.16. The van der Waals surface area contributed by atoms with Gasteiger partial charge in [0.1, 0.15) is 11.6 Å². The molecule has 1 aliphatic heterocycles. The maximum Gasteiger partial charge on any atom is 0.238 e. The standard InChI is InChI=1S/C20H25FN4O3/c1-14-18(15(2)28-23-14)7-8-20(27)25-11-9-24(10-12-25)13-19(26)22-17-5-3-16(21)4-6-17/h3-6H,7-13H2,1-2H3,(H,22,26). The molecule has 1 N–H and O–H groups in total. The topological polar surface area (TPSA) is 78.7 Å². The summed E-state index contributed by atoms with van der Waals surface area (Å²) in [6.07, 6.45) is 1.05. The summed E-state index contributed by atoms with van der Waals surface area (Å²) < 4.78 is 18.0. The molecule has 150 valence electrons. The Labute approximate surface area is 163 Å². The molecule has 1 aromatic heterocycles. The van der Waals surface area contributed by atoms with Gasteiger partial charge in [0, 0.05) is 43.9 Å². The first-order chi connectivity index (χ1) is 13.4. The Hall–Kier alpha value is -2.74. The fourth-order valence-corrected chi connectivity index (χ4v) is 3.34. The number of halogens is 1. The van der Waals surface area contributed by atoms with Crippen LogP contribution in [0.4, 0.5) is 10.1 Å². The van der Waals surface area contributed by atoms with E-state index in [1.54, 1.807) is 0 Å². The number of hydrogen-bond donors (Lipinski definition) is 1. The second-order valence-electron chi connectivity index (χ2n) is 7.01. The smallest absolute Gasteiger partial charge is 0.238 e. The summed E-state index contributed by atoms with van der Waals surface area (Å²) >= 11 is 0.